The lowest BCUT2D eigenvalue weighted by atomic mass is 10.4. The van der Waals surface area contributed by atoms with E-state index in [9.17, 15) is 0 Å². The van der Waals surface area contributed by atoms with Crippen molar-refractivity contribution < 1.29 is 0 Å². The van der Waals surface area contributed by atoms with E-state index in [0.29, 0.717) is 0 Å². The van der Waals surface area contributed by atoms with Crippen molar-refractivity contribution in [2.45, 2.75) is 12.8 Å². The molecule has 0 aliphatic carbocycles. The smallest absolute Gasteiger partial charge is 0.0145 e. The molecule has 0 bridgehead atoms. The molecule has 0 atom stereocenters. The van der Waals surface area contributed by atoms with Gasteiger partial charge in [-0.3, -0.25) is 0 Å². The minimum atomic E-state index is 0.123. The largest absolute Gasteiger partial charge is 0.103 e. The molecule has 18 heavy (non-hydrogen) atoms. The van der Waals surface area contributed by atoms with Crippen molar-refractivity contribution in [1.82, 2.24) is 0 Å². The summed E-state index contributed by atoms with van der Waals surface area (Å²) < 4.78 is 0. The summed E-state index contributed by atoms with van der Waals surface area (Å²) in [6.45, 7) is 15.4. The highest BCUT2D eigenvalue weighted by atomic mass is 31.1. The predicted octanol–water partition coefficient (Wildman–Crippen LogP) is 5.47. The lowest BCUT2D eigenvalue weighted by molar-refractivity contribution is 0.895. The predicted molar refractivity (Wildman–Crippen MR) is 93.1 cm³/mol. The summed E-state index contributed by atoms with van der Waals surface area (Å²) in [5.41, 5.74) is 0. The second kappa shape index (κ2) is 13.3. The molecule has 0 aromatic rings. The van der Waals surface area contributed by atoms with Crippen LogP contribution in [0.4, 0.5) is 0 Å². The summed E-state index contributed by atoms with van der Waals surface area (Å²) in [6, 6.07) is 0. The minimum absolute atomic E-state index is 0.123. The summed E-state index contributed by atoms with van der Waals surface area (Å²) in [6.07, 6.45) is 18.5. The second-order valence-corrected chi connectivity index (χ2v) is 9.42. The van der Waals surface area contributed by atoms with Gasteiger partial charge in [0.25, 0.3) is 0 Å². The third kappa shape index (κ3) is 9.81. The number of hydrogen-bond donors (Lipinski definition) is 0. The van der Waals surface area contributed by atoms with E-state index >= 15 is 0 Å². The molecule has 0 aromatic carbocycles. The first-order valence-electron chi connectivity index (χ1n) is 6.66. The molecule has 0 aromatic heterocycles. The molecule has 0 heterocycles. The normalized spacial score (nSPS) is 10.6. The average Bonchev–Trinajstić information content (AvgIpc) is 2.35. The van der Waals surface area contributed by atoms with Gasteiger partial charge in [0.1, 0.15) is 0 Å². The highest BCUT2D eigenvalue weighted by molar-refractivity contribution is 7.58. The highest BCUT2D eigenvalue weighted by Crippen LogP contribution is 2.39. The first-order valence-corrected chi connectivity index (χ1v) is 10.5. The zero-order valence-electron chi connectivity index (χ0n) is 11.7. The average molecular weight is 282 g/mol. The van der Waals surface area contributed by atoms with Gasteiger partial charge in [0.15, 0.2) is 0 Å². The van der Waals surface area contributed by atoms with Crippen LogP contribution in [0.1, 0.15) is 12.8 Å². The third-order valence-electron chi connectivity index (χ3n) is 2.75. The molecule has 0 saturated carbocycles. The number of hydrogen-bond acceptors (Lipinski definition) is 0. The summed E-state index contributed by atoms with van der Waals surface area (Å²) in [5.74, 6) is 0. The SMILES string of the molecule is C=CCP(CC=C)CCCCP(CC=C)CC=C. The Labute approximate surface area is 116 Å². The van der Waals surface area contributed by atoms with Gasteiger partial charge in [0, 0.05) is 0 Å². The Balaban J connectivity index is 3.78. The summed E-state index contributed by atoms with van der Waals surface area (Å²) in [7, 11) is 0.247. The van der Waals surface area contributed by atoms with Crippen molar-refractivity contribution in [3.8, 4) is 0 Å². The van der Waals surface area contributed by atoms with Crippen LogP contribution in [0.2, 0.25) is 0 Å². The van der Waals surface area contributed by atoms with E-state index < -0.39 is 0 Å². The second-order valence-electron chi connectivity index (χ2n) is 4.38. The van der Waals surface area contributed by atoms with Crippen LogP contribution in [0.25, 0.3) is 0 Å². The Morgan fingerprint density at radius 2 is 0.833 bits per heavy atom. The Kier molecular flexibility index (Phi) is 13.1. The standard InChI is InChI=1S/C16H28P2/c1-5-11-17(12-6-2)15-9-10-16-18(13-7-3)14-8-4/h5-8H,1-4,9-16H2. The highest BCUT2D eigenvalue weighted by Gasteiger charge is 2.06. The zero-order chi connectivity index (χ0) is 13.6. The molecule has 0 fully saturated rings. The van der Waals surface area contributed by atoms with Gasteiger partial charge in [-0.05, 0) is 49.8 Å². The number of rotatable bonds is 13. The fourth-order valence-electron chi connectivity index (χ4n) is 1.92. The summed E-state index contributed by atoms with van der Waals surface area (Å²) in [5, 5.41) is 0. The van der Waals surface area contributed by atoms with Gasteiger partial charge in [-0.2, -0.15) is 0 Å². The third-order valence-corrected chi connectivity index (χ3v) is 7.74. The molecule has 0 aliphatic rings. The quantitative estimate of drug-likeness (QED) is 0.238. The maximum absolute atomic E-state index is 3.85. The lowest BCUT2D eigenvalue weighted by Crippen LogP contribution is -1.96. The van der Waals surface area contributed by atoms with Crippen molar-refractivity contribution in [2.75, 3.05) is 37.0 Å². The van der Waals surface area contributed by atoms with E-state index in [0.717, 1.165) is 0 Å². The van der Waals surface area contributed by atoms with Gasteiger partial charge < -0.3 is 0 Å². The van der Waals surface area contributed by atoms with Gasteiger partial charge in [0.2, 0.25) is 0 Å². The molecule has 0 saturated heterocycles. The molecule has 0 spiro atoms. The molecule has 0 N–H and O–H groups in total. The minimum Gasteiger partial charge on any atom is -0.103 e. The van der Waals surface area contributed by atoms with Gasteiger partial charge in [0.05, 0.1) is 0 Å². The number of unbranched alkanes of at least 4 members (excludes halogenated alkanes) is 1. The van der Waals surface area contributed by atoms with E-state index in [4.69, 9.17) is 0 Å². The van der Waals surface area contributed by atoms with Crippen LogP contribution < -0.4 is 0 Å². The van der Waals surface area contributed by atoms with Gasteiger partial charge in [-0.1, -0.05) is 40.1 Å². The van der Waals surface area contributed by atoms with Crippen LogP contribution in [-0.4, -0.2) is 37.0 Å². The van der Waals surface area contributed by atoms with Crippen LogP contribution in [0, 0.1) is 0 Å². The van der Waals surface area contributed by atoms with Crippen LogP contribution in [0.5, 0.6) is 0 Å². The van der Waals surface area contributed by atoms with Crippen LogP contribution >= 0.6 is 15.8 Å². The van der Waals surface area contributed by atoms with Gasteiger partial charge in [-0.15, -0.1) is 26.3 Å². The topological polar surface area (TPSA) is 0 Å². The zero-order valence-corrected chi connectivity index (χ0v) is 13.5. The van der Waals surface area contributed by atoms with Crippen molar-refractivity contribution in [3.05, 3.63) is 50.6 Å². The molecule has 102 valence electrons. The number of allylic oxidation sites excluding steroid dienone is 4. The Hall–Kier alpha value is -0.180. The molecular formula is C16H28P2. The molecule has 0 aliphatic heterocycles. The molecule has 0 nitrogen and oxygen atoms in total. The van der Waals surface area contributed by atoms with Crippen LogP contribution in [0.15, 0.2) is 50.6 Å². The molecule has 0 rings (SSSR count). The van der Waals surface area contributed by atoms with E-state index in [1.54, 1.807) is 0 Å². The van der Waals surface area contributed by atoms with Gasteiger partial charge in [-0.25, -0.2) is 0 Å². The summed E-state index contributed by atoms with van der Waals surface area (Å²) in [4.78, 5) is 0. The van der Waals surface area contributed by atoms with Crippen molar-refractivity contribution in [1.29, 1.82) is 0 Å². The molecule has 0 unspecified atom stereocenters. The molecule has 2 heteroatoms. The van der Waals surface area contributed by atoms with E-state index in [-0.39, 0.29) is 15.8 Å². The maximum atomic E-state index is 3.85. The van der Waals surface area contributed by atoms with Crippen LogP contribution in [0.3, 0.4) is 0 Å². The lowest BCUT2D eigenvalue weighted by Gasteiger charge is -2.16. The maximum Gasteiger partial charge on any atom is -0.0145 e. The Morgan fingerprint density at radius 3 is 1.06 bits per heavy atom. The molecule has 0 amide bonds. The van der Waals surface area contributed by atoms with E-state index in [1.165, 1.54) is 49.8 Å². The fourth-order valence-corrected chi connectivity index (χ4v) is 5.75. The Bertz CT molecular complexity index is 199. The van der Waals surface area contributed by atoms with Crippen molar-refractivity contribution in [3.63, 3.8) is 0 Å². The summed E-state index contributed by atoms with van der Waals surface area (Å²) >= 11 is 0. The van der Waals surface area contributed by atoms with Crippen molar-refractivity contribution >= 4 is 15.8 Å². The molecule has 0 radical (unpaired) electrons. The van der Waals surface area contributed by atoms with E-state index in [1.807, 2.05) is 0 Å². The fraction of sp³-hybridized carbons (Fsp3) is 0.500. The van der Waals surface area contributed by atoms with E-state index in [2.05, 4.69) is 50.6 Å². The first-order chi connectivity index (χ1) is 8.78. The van der Waals surface area contributed by atoms with Crippen molar-refractivity contribution in [2.24, 2.45) is 0 Å². The van der Waals surface area contributed by atoms with Crippen LogP contribution in [-0.2, 0) is 0 Å². The Morgan fingerprint density at radius 1 is 0.556 bits per heavy atom. The first kappa shape index (κ1) is 17.8. The molecular weight excluding hydrogens is 254 g/mol. The van der Waals surface area contributed by atoms with Gasteiger partial charge >= 0.3 is 0 Å². The monoisotopic (exact) mass is 282 g/mol.